The van der Waals surface area contributed by atoms with Crippen LogP contribution in [-0.2, 0) is 16.0 Å². The third-order valence-electron chi connectivity index (χ3n) is 10.1. The fraction of sp³-hybridized carbons (Fsp3) is 0.484. The quantitative estimate of drug-likeness (QED) is 0.300. The molecule has 8 atom stereocenters. The summed E-state index contributed by atoms with van der Waals surface area (Å²) in [5.41, 5.74) is 2.18. The number of carbonyl (C=O) groups is 4. The number of amides is 1. The lowest BCUT2D eigenvalue weighted by atomic mass is 9.39. The molecular formula is C31H35NO9. The Balaban J connectivity index is 1.71. The fourth-order valence-electron chi connectivity index (χ4n) is 8.60. The number of hydrogen-bond acceptors (Lipinski definition) is 8. The van der Waals surface area contributed by atoms with Crippen molar-refractivity contribution in [2.75, 3.05) is 0 Å². The predicted molar refractivity (Wildman–Crippen MR) is 146 cm³/mol. The molecule has 0 aliphatic heterocycles. The molecule has 2 unspecified atom stereocenters. The van der Waals surface area contributed by atoms with E-state index in [0.29, 0.717) is 16.7 Å². The van der Waals surface area contributed by atoms with E-state index in [9.17, 15) is 44.7 Å². The van der Waals surface area contributed by atoms with Crippen molar-refractivity contribution in [3.05, 3.63) is 53.1 Å². The van der Waals surface area contributed by atoms with Crippen molar-refractivity contribution in [3.8, 4) is 16.9 Å². The molecule has 3 aliphatic carbocycles. The van der Waals surface area contributed by atoms with Crippen LogP contribution < -0.4 is 5.73 Å². The van der Waals surface area contributed by atoms with Gasteiger partial charge in [-0.15, -0.1) is 0 Å². The Morgan fingerprint density at radius 1 is 1.02 bits per heavy atom. The zero-order valence-corrected chi connectivity index (χ0v) is 23.3. The smallest absolute Gasteiger partial charge is 0.335 e. The number of benzene rings is 2. The third kappa shape index (κ3) is 3.73. The van der Waals surface area contributed by atoms with Gasteiger partial charge in [0.1, 0.15) is 17.8 Å². The average Bonchev–Trinajstić information content (AvgIpc) is 2.86. The van der Waals surface area contributed by atoms with E-state index in [1.54, 1.807) is 45.9 Å². The van der Waals surface area contributed by atoms with Crippen LogP contribution >= 0.6 is 0 Å². The second-order valence-corrected chi connectivity index (χ2v) is 12.9. The summed E-state index contributed by atoms with van der Waals surface area (Å²) < 4.78 is 0. The minimum atomic E-state index is -2.57. The molecule has 10 heteroatoms. The zero-order valence-electron chi connectivity index (χ0n) is 23.3. The highest BCUT2D eigenvalue weighted by Crippen LogP contribution is 2.66. The van der Waals surface area contributed by atoms with Gasteiger partial charge in [-0.25, -0.2) is 4.79 Å². The molecule has 0 spiro atoms. The number of Topliss-reactive ketones (excluding diaryl/α,β-unsaturated/α-hetero) is 2. The van der Waals surface area contributed by atoms with E-state index in [-0.39, 0.29) is 35.6 Å². The lowest BCUT2D eigenvalue weighted by Gasteiger charge is -2.66. The van der Waals surface area contributed by atoms with Crippen molar-refractivity contribution in [3.63, 3.8) is 0 Å². The van der Waals surface area contributed by atoms with Crippen LogP contribution in [0.3, 0.4) is 0 Å². The van der Waals surface area contributed by atoms with Crippen molar-refractivity contribution < 1.29 is 44.7 Å². The van der Waals surface area contributed by atoms with Gasteiger partial charge in [-0.05, 0) is 65.0 Å². The maximum absolute atomic E-state index is 14.2. The number of nitrogens with two attached hydrogens (primary N) is 1. The number of primary amides is 1. The first-order valence-corrected chi connectivity index (χ1v) is 13.7. The Kier molecular flexibility index (Phi) is 6.49. The van der Waals surface area contributed by atoms with Crippen molar-refractivity contribution in [2.45, 2.75) is 58.3 Å². The molecule has 2 aromatic carbocycles. The van der Waals surface area contributed by atoms with E-state index < -0.39 is 69.8 Å². The number of aliphatic hydroxyl groups is 3. The molecule has 10 nitrogen and oxygen atoms in total. The number of carboxylic acid groups (broad SMARTS) is 1. The van der Waals surface area contributed by atoms with E-state index >= 15 is 0 Å². The SMILES string of the molecule is CC(C)[C@H]1C(O)[C@@H](C(N)=O)C(=O)[C@]2(O)C(O)[C@H]3C(=O)c4c(O)ccc(-c5ccc(C(=O)O)cc5)c4C[C@]3(C)C[C@]12C. The van der Waals surface area contributed by atoms with Gasteiger partial charge >= 0.3 is 5.97 Å². The Labute approximate surface area is 236 Å². The van der Waals surface area contributed by atoms with Gasteiger partial charge in [-0.1, -0.05) is 45.9 Å². The van der Waals surface area contributed by atoms with Gasteiger partial charge in [0.2, 0.25) is 5.91 Å². The number of aliphatic hydroxyl groups excluding tert-OH is 2. The van der Waals surface area contributed by atoms with Crippen molar-refractivity contribution in [2.24, 2.45) is 40.2 Å². The van der Waals surface area contributed by atoms with E-state index in [4.69, 9.17) is 5.73 Å². The molecule has 0 heterocycles. The number of rotatable bonds is 4. The summed E-state index contributed by atoms with van der Waals surface area (Å²) in [5.74, 6) is -8.57. The van der Waals surface area contributed by atoms with Crippen LogP contribution in [0.1, 0.15) is 60.4 Å². The van der Waals surface area contributed by atoms with Gasteiger partial charge in [0.15, 0.2) is 17.2 Å². The van der Waals surface area contributed by atoms with Crippen LogP contribution in [0.4, 0.5) is 0 Å². The standard InChI is InChI=1S/C31H35NO9/c1-13(2)21-24(35)20(27(32)38)25(36)31(41)26(37)22-23(34)19-17(11-29(22,3)12-30(21,31)4)16(9-10-18(19)33)14-5-7-15(8-6-14)28(39)40/h5-10,13,20-22,24,26,33,35,37,41H,11-12H2,1-4H3,(H2,32,38)(H,39,40)/t20-,21+,22-,24?,26?,29-,30-,31+/m1/s1. The maximum Gasteiger partial charge on any atom is 0.335 e. The molecule has 3 aliphatic rings. The molecule has 2 fully saturated rings. The monoisotopic (exact) mass is 565 g/mol. The van der Waals surface area contributed by atoms with Crippen LogP contribution in [0.25, 0.3) is 11.1 Å². The van der Waals surface area contributed by atoms with E-state index in [1.807, 2.05) is 0 Å². The topological polar surface area (TPSA) is 195 Å². The number of hydrogen-bond donors (Lipinski definition) is 6. The number of fused-ring (bicyclic) bond motifs is 3. The molecule has 7 N–H and O–H groups in total. The predicted octanol–water partition coefficient (Wildman–Crippen LogP) is 1.94. The van der Waals surface area contributed by atoms with Crippen LogP contribution in [0.15, 0.2) is 36.4 Å². The van der Waals surface area contributed by atoms with E-state index in [1.165, 1.54) is 18.2 Å². The van der Waals surface area contributed by atoms with Crippen LogP contribution in [0.2, 0.25) is 0 Å². The molecule has 0 bridgehead atoms. The van der Waals surface area contributed by atoms with Crippen molar-refractivity contribution >= 4 is 23.4 Å². The van der Waals surface area contributed by atoms with Gasteiger partial charge in [0.25, 0.3) is 0 Å². The Hall–Kier alpha value is -3.60. The molecule has 5 rings (SSSR count). The molecule has 218 valence electrons. The summed E-state index contributed by atoms with van der Waals surface area (Å²) >= 11 is 0. The largest absolute Gasteiger partial charge is 0.507 e. The molecule has 2 aromatic rings. The summed E-state index contributed by atoms with van der Waals surface area (Å²) in [5, 5.41) is 55.4. The first-order valence-electron chi connectivity index (χ1n) is 13.7. The molecule has 1 amide bonds. The summed E-state index contributed by atoms with van der Waals surface area (Å²) in [6.07, 6.45) is -3.25. The van der Waals surface area contributed by atoms with Crippen LogP contribution in [0.5, 0.6) is 5.75 Å². The summed E-state index contributed by atoms with van der Waals surface area (Å²) in [7, 11) is 0. The lowest BCUT2D eigenvalue weighted by Crippen LogP contribution is -2.79. The number of phenols is 1. The molecule has 41 heavy (non-hydrogen) atoms. The first kappa shape index (κ1) is 28.9. The molecule has 0 radical (unpaired) electrons. The average molecular weight is 566 g/mol. The molecule has 0 aromatic heterocycles. The Morgan fingerprint density at radius 3 is 2.17 bits per heavy atom. The molecular weight excluding hydrogens is 530 g/mol. The highest BCUT2D eigenvalue weighted by molar-refractivity contribution is 6.09. The zero-order chi connectivity index (χ0) is 30.4. The number of aromatic hydroxyl groups is 1. The highest BCUT2D eigenvalue weighted by Gasteiger charge is 2.75. The first-order chi connectivity index (χ1) is 19.0. The fourth-order valence-corrected chi connectivity index (χ4v) is 8.60. The summed E-state index contributed by atoms with van der Waals surface area (Å²) in [6, 6.07) is 9.08. The third-order valence-corrected chi connectivity index (χ3v) is 10.1. The van der Waals surface area contributed by atoms with E-state index in [2.05, 4.69) is 0 Å². The van der Waals surface area contributed by atoms with Crippen molar-refractivity contribution in [1.82, 2.24) is 0 Å². The number of carbonyl (C=O) groups excluding carboxylic acids is 3. The molecule has 2 saturated carbocycles. The number of ketones is 2. The summed E-state index contributed by atoms with van der Waals surface area (Å²) in [4.78, 5) is 51.6. The second kappa shape index (κ2) is 9.20. The second-order valence-electron chi connectivity index (χ2n) is 12.9. The van der Waals surface area contributed by atoms with Crippen LogP contribution in [-0.4, -0.2) is 66.8 Å². The minimum absolute atomic E-state index is 0.0353. The summed E-state index contributed by atoms with van der Waals surface area (Å²) in [6.45, 7) is 6.95. The number of phenolic OH excluding ortho intramolecular Hbond substituents is 1. The lowest BCUT2D eigenvalue weighted by molar-refractivity contribution is -0.265. The van der Waals surface area contributed by atoms with Gasteiger partial charge in [0.05, 0.1) is 23.1 Å². The maximum atomic E-state index is 14.2. The van der Waals surface area contributed by atoms with Gasteiger partial charge in [-0.3, -0.25) is 14.4 Å². The molecule has 0 saturated heterocycles. The van der Waals surface area contributed by atoms with Crippen LogP contribution in [0, 0.1) is 34.5 Å². The van der Waals surface area contributed by atoms with Gasteiger partial charge < -0.3 is 31.3 Å². The number of aromatic carboxylic acids is 1. The normalized spacial score (nSPS) is 36.3. The number of carboxylic acids is 1. The minimum Gasteiger partial charge on any atom is -0.507 e. The highest BCUT2D eigenvalue weighted by atomic mass is 16.4. The Morgan fingerprint density at radius 2 is 1.63 bits per heavy atom. The Bertz CT molecular complexity index is 1480. The van der Waals surface area contributed by atoms with Crippen molar-refractivity contribution in [1.29, 1.82) is 0 Å². The van der Waals surface area contributed by atoms with E-state index in [0.717, 1.165) is 0 Å². The van der Waals surface area contributed by atoms with Gasteiger partial charge in [0, 0.05) is 5.41 Å². The van der Waals surface area contributed by atoms with Gasteiger partial charge in [-0.2, -0.15) is 0 Å².